The van der Waals surface area contributed by atoms with Crippen molar-refractivity contribution in [3.63, 3.8) is 0 Å². The minimum atomic E-state index is -0.411. The van der Waals surface area contributed by atoms with Gasteiger partial charge in [-0.3, -0.25) is 9.59 Å². The summed E-state index contributed by atoms with van der Waals surface area (Å²) in [5, 5.41) is 0. The normalized spacial score (nSPS) is 34.5. The SMILES string of the molecule is COc1cc2c(cc1C)C(=O)C1C3C(C)(C)CCCC13C2=O. The molecule has 3 aliphatic carbocycles. The Kier molecular flexibility index (Phi) is 2.55. The highest BCUT2D eigenvalue weighted by Crippen LogP contribution is 2.75. The van der Waals surface area contributed by atoms with E-state index < -0.39 is 5.41 Å². The van der Waals surface area contributed by atoms with Gasteiger partial charge in [0.15, 0.2) is 11.6 Å². The van der Waals surface area contributed by atoms with E-state index in [0.29, 0.717) is 16.9 Å². The second-order valence-electron chi connectivity index (χ2n) is 7.90. The van der Waals surface area contributed by atoms with Crippen molar-refractivity contribution in [2.24, 2.45) is 22.7 Å². The molecule has 0 heterocycles. The molecule has 0 N–H and O–H groups in total. The first-order chi connectivity index (χ1) is 10.3. The Bertz CT molecular complexity index is 716. The van der Waals surface area contributed by atoms with Crippen molar-refractivity contribution >= 4 is 11.6 Å². The lowest BCUT2D eigenvalue weighted by atomic mass is 9.69. The number of aryl methyl sites for hydroxylation is 1. The van der Waals surface area contributed by atoms with E-state index in [1.807, 2.05) is 13.0 Å². The Morgan fingerprint density at radius 2 is 1.86 bits per heavy atom. The number of fused-ring (bicyclic) bond motifs is 2. The van der Waals surface area contributed by atoms with Crippen molar-refractivity contribution in [2.45, 2.75) is 40.0 Å². The van der Waals surface area contributed by atoms with Crippen LogP contribution >= 0.6 is 0 Å². The molecule has 116 valence electrons. The quantitative estimate of drug-likeness (QED) is 0.791. The molecule has 1 aromatic rings. The summed E-state index contributed by atoms with van der Waals surface area (Å²) in [7, 11) is 1.61. The lowest BCUT2D eigenvalue weighted by Crippen LogP contribution is -2.33. The van der Waals surface area contributed by atoms with Gasteiger partial charge in [-0.15, -0.1) is 0 Å². The number of carbonyl (C=O) groups excluding carboxylic acids is 2. The van der Waals surface area contributed by atoms with E-state index >= 15 is 0 Å². The summed E-state index contributed by atoms with van der Waals surface area (Å²) in [5.74, 6) is 1.19. The minimum absolute atomic E-state index is 0.0788. The molecule has 22 heavy (non-hydrogen) atoms. The van der Waals surface area contributed by atoms with Crippen molar-refractivity contribution in [2.75, 3.05) is 7.11 Å². The molecule has 3 nitrogen and oxygen atoms in total. The number of benzene rings is 1. The summed E-state index contributed by atoms with van der Waals surface area (Å²) in [6.45, 7) is 6.35. The number of Topliss-reactive ketones (excluding diaryl/α,β-unsaturated/α-hetero) is 2. The fraction of sp³-hybridized carbons (Fsp3) is 0.579. The van der Waals surface area contributed by atoms with Gasteiger partial charge in [0.25, 0.3) is 0 Å². The molecule has 2 saturated carbocycles. The first kappa shape index (κ1) is 14.0. The van der Waals surface area contributed by atoms with Crippen molar-refractivity contribution in [3.8, 4) is 5.75 Å². The average Bonchev–Trinajstić information content (AvgIpc) is 3.17. The third-order valence-corrected chi connectivity index (χ3v) is 6.34. The second-order valence-corrected chi connectivity index (χ2v) is 7.90. The van der Waals surface area contributed by atoms with Crippen molar-refractivity contribution < 1.29 is 14.3 Å². The second kappa shape index (κ2) is 4.01. The van der Waals surface area contributed by atoms with Gasteiger partial charge in [0.1, 0.15) is 5.75 Å². The number of ether oxygens (including phenoxy) is 1. The van der Waals surface area contributed by atoms with Gasteiger partial charge in [-0.05, 0) is 48.8 Å². The topological polar surface area (TPSA) is 43.4 Å². The smallest absolute Gasteiger partial charge is 0.170 e. The number of carbonyl (C=O) groups is 2. The molecule has 3 heteroatoms. The van der Waals surface area contributed by atoms with Crippen LogP contribution in [0.3, 0.4) is 0 Å². The molecule has 2 fully saturated rings. The van der Waals surface area contributed by atoms with E-state index in [4.69, 9.17) is 4.74 Å². The Hall–Kier alpha value is -1.64. The molecule has 1 spiro atoms. The third kappa shape index (κ3) is 1.42. The van der Waals surface area contributed by atoms with Crippen LogP contribution in [0.1, 0.15) is 59.4 Å². The molecular weight excluding hydrogens is 276 g/mol. The molecule has 0 aromatic heterocycles. The summed E-state index contributed by atoms with van der Waals surface area (Å²) in [6.07, 6.45) is 3.01. The highest BCUT2D eigenvalue weighted by atomic mass is 16.5. The summed E-state index contributed by atoms with van der Waals surface area (Å²) < 4.78 is 5.35. The van der Waals surface area contributed by atoms with Gasteiger partial charge in [-0.2, -0.15) is 0 Å². The fourth-order valence-electron chi connectivity index (χ4n) is 5.39. The largest absolute Gasteiger partial charge is 0.496 e. The summed E-state index contributed by atoms with van der Waals surface area (Å²) in [6, 6.07) is 3.63. The molecule has 0 amide bonds. The lowest BCUT2D eigenvalue weighted by Gasteiger charge is -2.33. The molecule has 0 bridgehead atoms. The van der Waals surface area contributed by atoms with Crippen LogP contribution in [0.4, 0.5) is 0 Å². The van der Waals surface area contributed by atoms with Gasteiger partial charge in [0.05, 0.1) is 7.11 Å². The zero-order valence-electron chi connectivity index (χ0n) is 13.7. The van der Waals surface area contributed by atoms with Crippen LogP contribution in [0.25, 0.3) is 0 Å². The number of hydrogen-bond donors (Lipinski definition) is 0. The van der Waals surface area contributed by atoms with E-state index in [2.05, 4.69) is 13.8 Å². The maximum Gasteiger partial charge on any atom is 0.170 e. The zero-order chi connectivity index (χ0) is 15.9. The Morgan fingerprint density at radius 3 is 2.55 bits per heavy atom. The van der Waals surface area contributed by atoms with Crippen LogP contribution in [0, 0.1) is 29.6 Å². The summed E-state index contributed by atoms with van der Waals surface area (Å²) in [5.41, 5.74) is 1.79. The van der Waals surface area contributed by atoms with E-state index in [1.165, 1.54) is 0 Å². The van der Waals surface area contributed by atoms with Crippen molar-refractivity contribution in [1.82, 2.24) is 0 Å². The van der Waals surface area contributed by atoms with Crippen LogP contribution in [0.5, 0.6) is 5.75 Å². The molecular formula is C19H22O3. The zero-order valence-corrected chi connectivity index (χ0v) is 13.7. The first-order valence-corrected chi connectivity index (χ1v) is 8.12. The molecule has 3 aliphatic rings. The van der Waals surface area contributed by atoms with E-state index in [1.54, 1.807) is 13.2 Å². The number of rotatable bonds is 1. The van der Waals surface area contributed by atoms with Gasteiger partial charge in [0, 0.05) is 22.5 Å². The summed E-state index contributed by atoms with van der Waals surface area (Å²) in [4.78, 5) is 26.2. The predicted molar refractivity (Wildman–Crippen MR) is 83.4 cm³/mol. The van der Waals surface area contributed by atoms with Gasteiger partial charge < -0.3 is 4.74 Å². The molecule has 0 radical (unpaired) electrons. The van der Waals surface area contributed by atoms with Crippen LogP contribution < -0.4 is 4.74 Å². The Morgan fingerprint density at radius 1 is 1.14 bits per heavy atom. The number of hydrogen-bond acceptors (Lipinski definition) is 3. The molecule has 1 aromatic carbocycles. The highest BCUT2D eigenvalue weighted by molar-refractivity contribution is 6.21. The Labute approximate surface area is 131 Å². The van der Waals surface area contributed by atoms with Crippen LogP contribution in [-0.2, 0) is 0 Å². The van der Waals surface area contributed by atoms with Gasteiger partial charge >= 0.3 is 0 Å². The van der Waals surface area contributed by atoms with E-state index in [9.17, 15) is 9.59 Å². The third-order valence-electron chi connectivity index (χ3n) is 6.34. The molecule has 3 atom stereocenters. The number of methoxy groups -OCH3 is 1. The van der Waals surface area contributed by atoms with Crippen LogP contribution in [0.15, 0.2) is 12.1 Å². The molecule has 4 rings (SSSR count). The van der Waals surface area contributed by atoms with Gasteiger partial charge in [-0.1, -0.05) is 20.3 Å². The molecule has 0 saturated heterocycles. The van der Waals surface area contributed by atoms with E-state index in [0.717, 1.165) is 24.8 Å². The van der Waals surface area contributed by atoms with Gasteiger partial charge in [0.2, 0.25) is 0 Å². The summed E-state index contributed by atoms with van der Waals surface area (Å²) >= 11 is 0. The van der Waals surface area contributed by atoms with Crippen molar-refractivity contribution in [3.05, 3.63) is 28.8 Å². The highest BCUT2D eigenvalue weighted by Gasteiger charge is 2.78. The molecule has 0 aliphatic heterocycles. The maximum atomic E-state index is 13.2. The van der Waals surface area contributed by atoms with Crippen LogP contribution in [0.2, 0.25) is 0 Å². The molecule has 3 unspecified atom stereocenters. The standard InChI is InChI=1S/C19H22O3/c1-10-8-11-12(9-13(10)22-4)17(21)19-7-5-6-18(2,3)16(19)14(19)15(11)20/h8-9,14,16H,5-7H2,1-4H3. The van der Waals surface area contributed by atoms with Crippen molar-refractivity contribution in [1.29, 1.82) is 0 Å². The lowest BCUT2D eigenvalue weighted by molar-refractivity contribution is 0.0752. The maximum absolute atomic E-state index is 13.2. The first-order valence-electron chi connectivity index (χ1n) is 8.12. The predicted octanol–water partition coefficient (Wildman–Crippen LogP) is 3.83. The fourth-order valence-corrected chi connectivity index (χ4v) is 5.39. The van der Waals surface area contributed by atoms with E-state index in [-0.39, 0.29) is 28.8 Å². The van der Waals surface area contributed by atoms with Crippen LogP contribution in [-0.4, -0.2) is 18.7 Å². The minimum Gasteiger partial charge on any atom is -0.496 e. The van der Waals surface area contributed by atoms with Gasteiger partial charge in [-0.25, -0.2) is 0 Å². The average molecular weight is 298 g/mol. The number of ketones is 2. The Balaban J connectivity index is 1.90. The monoisotopic (exact) mass is 298 g/mol.